The molecule has 1 aliphatic heterocycles. The number of rotatable bonds is 5. The number of hydrogen-bond acceptors (Lipinski definition) is 3. The molecule has 0 aromatic heterocycles. The molecule has 0 atom stereocenters. The van der Waals surface area contributed by atoms with Gasteiger partial charge in [0.25, 0.3) is 0 Å². The first-order valence-corrected chi connectivity index (χ1v) is 8.06. The van der Waals surface area contributed by atoms with Crippen molar-refractivity contribution in [1.82, 2.24) is 15.1 Å². The second-order valence-electron chi connectivity index (χ2n) is 6.15. The largest absolute Gasteiger partial charge is 0.368 e. The van der Waals surface area contributed by atoms with E-state index in [-0.39, 0.29) is 6.03 Å². The molecule has 22 heavy (non-hydrogen) atoms. The summed E-state index contributed by atoms with van der Waals surface area (Å²) >= 11 is 0. The predicted molar refractivity (Wildman–Crippen MR) is 91.5 cm³/mol. The van der Waals surface area contributed by atoms with Crippen molar-refractivity contribution >= 4 is 11.7 Å². The lowest BCUT2D eigenvalue weighted by molar-refractivity contribution is 0.194. The molecule has 1 saturated heterocycles. The first-order valence-electron chi connectivity index (χ1n) is 8.06. The van der Waals surface area contributed by atoms with Crippen molar-refractivity contribution in [1.29, 1.82) is 0 Å². The van der Waals surface area contributed by atoms with Gasteiger partial charge in [-0.05, 0) is 45.6 Å². The summed E-state index contributed by atoms with van der Waals surface area (Å²) in [5.41, 5.74) is 2.58. The van der Waals surface area contributed by atoms with Crippen LogP contribution in [-0.4, -0.2) is 69.2 Å². The van der Waals surface area contributed by atoms with E-state index < -0.39 is 0 Å². The highest BCUT2D eigenvalue weighted by Gasteiger charge is 2.21. The van der Waals surface area contributed by atoms with Crippen molar-refractivity contribution in [3.63, 3.8) is 0 Å². The number of piperazine rings is 1. The molecule has 0 radical (unpaired) electrons. The molecule has 0 aliphatic carbocycles. The zero-order chi connectivity index (χ0) is 15.9. The summed E-state index contributed by atoms with van der Waals surface area (Å²) in [6.07, 6.45) is 0.988. The Hall–Kier alpha value is -1.75. The van der Waals surface area contributed by atoms with E-state index in [4.69, 9.17) is 0 Å². The SMILES string of the molecule is Cc1ccccc1N1CCN(C(=O)NCCCN(C)C)CC1. The second kappa shape index (κ2) is 8.03. The van der Waals surface area contributed by atoms with Crippen molar-refractivity contribution in [2.75, 3.05) is 58.3 Å². The van der Waals surface area contributed by atoms with Gasteiger partial charge in [0.15, 0.2) is 0 Å². The van der Waals surface area contributed by atoms with Gasteiger partial charge < -0.3 is 20.0 Å². The van der Waals surface area contributed by atoms with E-state index in [9.17, 15) is 4.79 Å². The minimum Gasteiger partial charge on any atom is -0.368 e. The quantitative estimate of drug-likeness (QED) is 0.843. The molecule has 1 heterocycles. The Labute approximate surface area is 133 Å². The fourth-order valence-corrected chi connectivity index (χ4v) is 2.77. The number of urea groups is 1. The lowest BCUT2D eigenvalue weighted by atomic mass is 10.1. The molecule has 122 valence electrons. The molecule has 1 fully saturated rings. The smallest absolute Gasteiger partial charge is 0.317 e. The van der Waals surface area contributed by atoms with E-state index in [2.05, 4.69) is 46.3 Å². The topological polar surface area (TPSA) is 38.8 Å². The predicted octanol–water partition coefficient (Wildman–Crippen LogP) is 1.78. The number of carbonyl (C=O) groups excluding carboxylic acids is 1. The summed E-state index contributed by atoms with van der Waals surface area (Å²) in [5.74, 6) is 0. The molecule has 0 saturated carbocycles. The van der Waals surface area contributed by atoms with Gasteiger partial charge in [-0.15, -0.1) is 0 Å². The van der Waals surface area contributed by atoms with E-state index >= 15 is 0 Å². The monoisotopic (exact) mass is 304 g/mol. The van der Waals surface area contributed by atoms with Gasteiger partial charge in [0.1, 0.15) is 0 Å². The van der Waals surface area contributed by atoms with Crippen LogP contribution in [0.15, 0.2) is 24.3 Å². The molecule has 0 bridgehead atoms. The number of para-hydroxylation sites is 1. The number of amides is 2. The van der Waals surface area contributed by atoms with Crippen molar-refractivity contribution in [3.8, 4) is 0 Å². The summed E-state index contributed by atoms with van der Waals surface area (Å²) < 4.78 is 0. The maximum absolute atomic E-state index is 12.1. The van der Waals surface area contributed by atoms with Gasteiger partial charge in [0.2, 0.25) is 0 Å². The number of hydrogen-bond donors (Lipinski definition) is 1. The van der Waals surface area contributed by atoms with Gasteiger partial charge in [-0.1, -0.05) is 18.2 Å². The zero-order valence-electron chi connectivity index (χ0n) is 14.0. The van der Waals surface area contributed by atoms with Crippen LogP contribution in [0.25, 0.3) is 0 Å². The van der Waals surface area contributed by atoms with Gasteiger partial charge in [0, 0.05) is 38.4 Å². The minimum atomic E-state index is 0.0724. The molecule has 1 aliphatic rings. The normalized spacial score (nSPS) is 15.3. The van der Waals surface area contributed by atoms with E-state index in [0.717, 1.165) is 45.7 Å². The lowest BCUT2D eigenvalue weighted by Crippen LogP contribution is -2.52. The molecule has 1 aromatic rings. The third-order valence-electron chi connectivity index (χ3n) is 4.08. The van der Waals surface area contributed by atoms with Gasteiger partial charge in [0.05, 0.1) is 0 Å². The van der Waals surface area contributed by atoms with Crippen LogP contribution >= 0.6 is 0 Å². The highest BCUT2D eigenvalue weighted by molar-refractivity contribution is 5.74. The third kappa shape index (κ3) is 4.63. The van der Waals surface area contributed by atoms with Crippen LogP contribution in [0, 0.1) is 6.92 Å². The van der Waals surface area contributed by atoms with Crippen LogP contribution in [0.5, 0.6) is 0 Å². The molecule has 1 N–H and O–H groups in total. The molecule has 2 amide bonds. The number of carbonyl (C=O) groups is 1. The maximum atomic E-state index is 12.1. The standard InChI is InChI=1S/C17H28N4O/c1-15-7-4-5-8-16(15)20-11-13-21(14-12-20)17(22)18-9-6-10-19(2)3/h4-5,7-8H,6,9-14H2,1-3H3,(H,18,22). The summed E-state index contributed by atoms with van der Waals surface area (Å²) in [6.45, 7) is 7.25. The Morgan fingerprint density at radius 3 is 2.50 bits per heavy atom. The van der Waals surface area contributed by atoms with Gasteiger partial charge >= 0.3 is 6.03 Å². The Balaban J connectivity index is 1.75. The molecular weight excluding hydrogens is 276 g/mol. The molecular formula is C17H28N4O. The van der Waals surface area contributed by atoms with Gasteiger partial charge in [-0.3, -0.25) is 0 Å². The summed E-state index contributed by atoms with van der Waals surface area (Å²) in [6, 6.07) is 8.51. The van der Waals surface area contributed by atoms with Crippen LogP contribution in [0.1, 0.15) is 12.0 Å². The zero-order valence-corrected chi connectivity index (χ0v) is 14.0. The van der Waals surface area contributed by atoms with Crippen LogP contribution in [-0.2, 0) is 0 Å². The Bertz CT molecular complexity index is 481. The second-order valence-corrected chi connectivity index (χ2v) is 6.15. The van der Waals surface area contributed by atoms with E-state index in [1.54, 1.807) is 0 Å². The van der Waals surface area contributed by atoms with E-state index in [1.807, 2.05) is 19.0 Å². The lowest BCUT2D eigenvalue weighted by Gasteiger charge is -2.36. The minimum absolute atomic E-state index is 0.0724. The average Bonchev–Trinajstić information content (AvgIpc) is 2.52. The number of benzene rings is 1. The summed E-state index contributed by atoms with van der Waals surface area (Å²) in [5, 5.41) is 3.02. The maximum Gasteiger partial charge on any atom is 0.317 e. The Kier molecular flexibility index (Phi) is 6.07. The number of nitrogens with zero attached hydrogens (tertiary/aromatic N) is 3. The fourth-order valence-electron chi connectivity index (χ4n) is 2.77. The van der Waals surface area contributed by atoms with E-state index in [0.29, 0.717) is 0 Å². The van der Waals surface area contributed by atoms with Gasteiger partial charge in [-0.25, -0.2) is 4.79 Å². The van der Waals surface area contributed by atoms with Crippen molar-refractivity contribution in [2.24, 2.45) is 0 Å². The van der Waals surface area contributed by atoms with Crippen molar-refractivity contribution in [2.45, 2.75) is 13.3 Å². The summed E-state index contributed by atoms with van der Waals surface area (Å²) in [7, 11) is 4.10. The first-order chi connectivity index (χ1) is 10.6. The molecule has 5 nitrogen and oxygen atoms in total. The van der Waals surface area contributed by atoms with Crippen LogP contribution in [0.2, 0.25) is 0 Å². The molecule has 2 rings (SSSR count). The van der Waals surface area contributed by atoms with Crippen LogP contribution in [0.4, 0.5) is 10.5 Å². The fraction of sp³-hybridized carbons (Fsp3) is 0.588. The van der Waals surface area contributed by atoms with Crippen molar-refractivity contribution in [3.05, 3.63) is 29.8 Å². The average molecular weight is 304 g/mol. The highest BCUT2D eigenvalue weighted by atomic mass is 16.2. The number of anilines is 1. The van der Waals surface area contributed by atoms with Crippen LogP contribution < -0.4 is 10.2 Å². The Morgan fingerprint density at radius 2 is 1.86 bits per heavy atom. The van der Waals surface area contributed by atoms with Crippen molar-refractivity contribution < 1.29 is 4.79 Å². The summed E-state index contributed by atoms with van der Waals surface area (Å²) in [4.78, 5) is 18.6. The molecule has 0 unspecified atom stereocenters. The highest BCUT2D eigenvalue weighted by Crippen LogP contribution is 2.20. The third-order valence-corrected chi connectivity index (χ3v) is 4.08. The Morgan fingerprint density at radius 1 is 1.18 bits per heavy atom. The van der Waals surface area contributed by atoms with Crippen LogP contribution in [0.3, 0.4) is 0 Å². The first kappa shape index (κ1) is 16.6. The molecule has 5 heteroatoms. The molecule has 0 spiro atoms. The molecule has 1 aromatic carbocycles. The number of aryl methyl sites for hydroxylation is 1. The van der Waals surface area contributed by atoms with E-state index in [1.165, 1.54) is 11.3 Å². The number of nitrogens with one attached hydrogen (secondary N) is 1. The van der Waals surface area contributed by atoms with Gasteiger partial charge in [-0.2, -0.15) is 0 Å².